The molecule has 3 heteroatoms. The van der Waals surface area contributed by atoms with Crippen LogP contribution >= 0.6 is 11.8 Å². The van der Waals surface area contributed by atoms with Crippen molar-refractivity contribution in [2.24, 2.45) is 0 Å². The van der Waals surface area contributed by atoms with E-state index in [1.165, 1.54) is 5.56 Å². The van der Waals surface area contributed by atoms with Crippen LogP contribution in [-0.2, 0) is 0 Å². The monoisotopic (exact) mass is 207 g/mol. The number of ether oxygens (including phenoxy) is 1. The number of hydrogen-bond donors (Lipinski definition) is 0. The van der Waals surface area contributed by atoms with Gasteiger partial charge in [0.25, 0.3) is 0 Å². The number of rotatable bonds is 5. The Hall–Kier alpha value is -1.14. The summed E-state index contributed by atoms with van der Waals surface area (Å²) in [6.45, 7) is 2.70. The van der Waals surface area contributed by atoms with Gasteiger partial charge in [-0.25, -0.2) is 0 Å². The molecule has 0 aliphatic rings. The summed E-state index contributed by atoms with van der Waals surface area (Å²) in [5.74, 6) is 2.31. The van der Waals surface area contributed by atoms with E-state index in [9.17, 15) is 0 Å². The van der Waals surface area contributed by atoms with E-state index in [4.69, 9.17) is 10.00 Å². The van der Waals surface area contributed by atoms with E-state index in [1.807, 2.05) is 31.2 Å². The predicted octanol–water partition coefficient (Wildman–Crippen LogP) is 2.63. The lowest BCUT2D eigenvalue weighted by Crippen LogP contribution is -2.00. The number of hydrogen-bond acceptors (Lipinski definition) is 3. The van der Waals surface area contributed by atoms with Crippen LogP contribution in [0.3, 0.4) is 0 Å². The van der Waals surface area contributed by atoms with Gasteiger partial charge in [-0.2, -0.15) is 5.26 Å². The summed E-state index contributed by atoms with van der Waals surface area (Å²) < 4.78 is 5.50. The summed E-state index contributed by atoms with van der Waals surface area (Å²) in [6, 6.07) is 10.1. The van der Waals surface area contributed by atoms with Crippen molar-refractivity contribution in [3.8, 4) is 11.8 Å². The molecule has 0 fully saturated rings. The van der Waals surface area contributed by atoms with Gasteiger partial charge in [0.05, 0.1) is 18.4 Å². The third-order valence-corrected chi connectivity index (χ3v) is 2.44. The van der Waals surface area contributed by atoms with Gasteiger partial charge in [-0.1, -0.05) is 12.1 Å². The fourth-order valence-corrected chi connectivity index (χ4v) is 1.48. The summed E-state index contributed by atoms with van der Waals surface area (Å²) in [6.07, 6.45) is 0. The van der Waals surface area contributed by atoms with Gasteiger partial charge < -0.3 is 4.74 Å². The van der Waals surface area contributed by atoms with Crippen LogP contribution in [0.2, 0.25) is 0 Å². The van der Waals surface area contributed by atoms with Crippen molar-refractivity contribution in [1.29, 1.82) is 5.26 Å². The summed E-state index contributed by atoms with van der Waals surface area (Å²) in [7, 11) is 0. The lowest BCUT2D eigenvalue weighted by molar-refractivity contribution is 0.344. The van der Waals surface area contributed by atoms with Crippen molar-refractivity contribution in [3.05, 3.63) is 29.8 Å². The highest BCUT2D eigenvalue weighted by Gasteiger charge is 1.93. The maximum absolute atomic E-state index is 8.31. The van der Waals surface area contributed by atoms with Crippen molar-refractivity contribution in [2.45, 2.75) is 6.92 Å². The van der Waals surface area contributed by atoms with Gasteiger partial charge in [-0.05, 0) is 24.6 Å². The fraction of sp³-hybridized carbons (Fsp3) is 0.364. The quantitative estimate of drug-likeness (QED) is 0.696. The highest BCUT2D eigenvalue weighted by atomic mass is 32.2. The summed E-state index contributed by atoms with van der Waals surface area (Å²) in [5, 5.41) is 8.31. The molecule has 0 saturated carbocycles. The maximum Gasteiger partial charge on any atom is 0.119 e. The Labute approximate surface area is 88.9 Å². The highest BCUT2D eigenvalue weighted by Crippen LogP contribution is 2.12. The molecule has 0 heterocycles. The van der Waals surface area contributed by atoms with Gasteiger partial charge in [0.15, 0.2) is 0 Å². The third kappa shape index (κ3) is 4.20. The molecule has 0 spiro atoms. The minimum absolute atomic E-state index is 0.539. The van der Waals surface area contributed by atoms with E-state index in [0.29, 0.717) is 12.4 Å². The first kappa shape index (κ1) is 10.9. The van der Waals surface area contributed by atoms with E-state index < -0.39 is 0 Å². The first-order chi connectivity index (χ1) is 6.83. The second-order valence-electron chi connectivity index (χ2n) is 2.88. The SMILES string of the molecule is Cc1cccc(OCCSCC#N)c1. The molecule has 74 valence electrons. The second kappa shape index (κ2) is 6.33. The molecule has 2 nitrogen and oxygen atoms in total. The van der Waals surface area contributed by atoms with Crippen molar-refractivity contribution < 1.29 is 4.74 Å². The van der Waals surface area contributed by atoms with Crippen LogP contribution in [0.5, 0.6) is 5.75 Å². The molecule has 1 aromatic rings. The van der Waals surface area contributed by atoms with Crippen LogP contribution < -0.4 is 4.74 Å². The number of aryl methyl sites for hydroxylation is 1. The van der Waals surface area contributed by atoms with Crippen LogP contribution in [0.1, 0.15) is 5.56 Å². The molecule has 1 rings (SSSR count). The molecule has 0 aliphatic heterocycles. The molecule has 0 atom stereocenters. The summed E-state index contributed by atoms with van der Waals surface area (Å²) in [5.41, 5.74) is 1.20. The number of nitriles is 1. The number of benzene rings is 1. The average Bonchev–Trinajstić information content (AvgIpc) is 2.18. The summed E-state index contributed by atoms with van der Waals surface area (Å²) >= 11 is 1.59. The molecule has 0 amide bonds. The Kier molecular flexibility index (Phi) is 4.95. The zero-order chi connectivity index (χ0) is 10.2. The zero-order valence-corrected chi connectivity index (χ0v) is 9.01. The molecule has 0 bridgehead atoms. The fourth-order valence-electron chi connectivity index (χ4n) is 1.04. The molecular weight excluding hydrogens is 194 g/mol. The average molecular weight is 207 g/mol. The Morgan fingerprint density at radius 2 is 2.36 bits per heavy atom. The van der Waals surface area contributed by atoms with Gasteiger partial charge in [0.2, 0.25) is 0 Å². The van der Waals surface area contributed by atoms with Crippen molar-refractivity contribution in [3.63, 3.8) is 0 Å². The Morgan fingerprint density at radius 3 is 3.07 bits per heavy atom. The normalized spacial score (nSPS) is 9.43. The number of thioether (sulfide) groups is 1. The zero-order valence-electron chi connectivity index (χ0n) is 8.19. The van der Waals surface area contributed by atoms with E-state index in [2.05, 4.69) is 6.07 Å². The minimum atomic E-state index is 0.539. The molecule has 0 aromatic heterocycles. The van der Waals surface area contributed by atoms with Crippen molar-refractivity contribution >= 4 is 11.8 Å². The molecule has 0 N–H and O–H groups in total. The molecular formula is C11H13NOS. The van der Waals surface area contributed by atoms with Crippen LogP contribution in [0.15, 0.2) is 24.3 Å². The molecule has 0 radical (unpaired) electrons. The minimum Gasteiger partial charge on any atom is -0.493 e. The molecule has 0 unspecified atom stereocenters. The number of nitrogens with zero attached hydrogens (tertiary/aromatic N) is 1. The van der Waals surface area contributed by atoms with Gasteiger partial charge in [0, 0.05) is 5.75 Å². The Morgan fingerprint density at radius 1 is 1.50 bits per heavy atom. The molecule has 0 saturated heterocycles. The lowest BCUT2D eigenvalue weighted by atomic mass is 10.2. The van der Waals surface area contributed by atoms with Crippen LogP contribution in [0.25, 0.3) is 0 Å². The van der Waals surface area contributed by atoms with Crippen LogP contribution in [0.4, 0.5) is 0 Å². The van der Waals surface area contributed by atoms with E-state index >= 15 is 0 Å². The predicted molar refractivity (Wildman–Crippen MR) is 59.6 cm³/mol. The van der Waals surface area contributed by atoms with Crippen LogP contribution in [-0.4, -0.2) is 18.1 Å². The van der Waals surface area contributed by atoms with Crippen molar-refractivity contribution in [2.75, 3.05) is 18.1 Å². The molecule has 14 heavy (non-hydrogen) atoms. The first-order valence-corrected chi connectivity index (χ1v) is 5.62. The Balaban J connectivity index is 2.22. The van der Waals surface area contributed by atoms with Gasteiger partial charge >= 0.3 is 0 Å². The van der Waals surface area contributed by atoms with Gasteiger partial charge in [0.1, 0.15) is 5.75 Å². The topological polar surface area (TPSA) is 33.0 Å². The van der Waals surface area contributed by atoms with Crippen molar-refractivity contribution in [1.82, 2.24) is 0 Å². The molecule has 1 aromatic carbocycles. The summed E-state index contributed by atoms with van der Waals surface area (Å²) in [4.78, 5) is 0. The third-order valence-electron chi connectivity index (χ3n) is 1.65. The van der Waals surface area contributed by atoms with E-state index in [-0.39, 0.29) is 0 Å². The highest BCUT2D eigenvalue weighted by molar-refractivity contribution is 7.99. The second-order valence-corrected chi connectivity index (χ2v) is 3.98. The largest absolute Gasteiger partial charge is 0.493 e. The van der Waals surface area contributed by atoms with E-state index in [1.54, 1.807) is 11.8 Å². The maximum atomic E-state index is 8.31. The van der Waals surface area contributed by atoms with E-state index in [0.717, 1.165) is 11.5 Å². The lowest BCUT2D eigenvalue weighted by Gasteiger charge is -2.05. The first-order valence-electron chi connectivity index (χ1n) is 4.47. The van der Waals surface area contributed by atoms with Gasteiger partial charge in [-0.3, -0.25) is 0 Å². The standard InChI is InChI=1S/C11H13NOS/c1-10-3-2-4-11(9-10)13-6-8-14-7-5-12/h2-4,9H,6-8H2,1H3. The smallest absolute Gasteiger partial charge is 0.119 e. The molecule has 0 aliphatic carbocycles. The van der Waals surface area contributed by atoms with Gasteiger partial charge in [-0.15, -0.1) is 11.8 Å². The Bertz CT molecular complexity index is 319. The van der Waals surface area contributed by atoms with Crippen LogP contribution in [0, 0.1) is 18.3 Å².